The molecule has 0 saturated heterocycles. The van der Waals surface area contributed by atoms with Crippen molar-refractivity contribution in [3.05, 3.63) is 35.1 Å². The number of hydrogen-bond donors (Lipinski definition) is 1. The monoisotopic (exact) mass is 235 g/mol. The standard InChI is InChI=1S/C10H9F4NO/c1-2-16-9(15)6-3-7(10(12,13)14)5-8(11)4-6/h3-5,15H,2H2,1H3. The largest absolute Gasteiger partial charge is 0.478 e. The second kappa shape index (κ2) is 4.51. The molecule has 0 fully saturated rings. The average molecular weight is 235 g/mol. The maximum Gasteiger partial charge on any atom is 0.416 e. The fraction of sp³-hybridized carbons (Fsp3) is 0.300. The molecule has 0 bridgehead atoms. The second-order valence-corrected chi connectivity index (χ2v) is 2.99. The molecule has 0 aliphatic heterocycles. The van der Waals surface area contributed by atoms with Crippen molar-refractivity contribution in [2.45, 2.75) is 13.1 Å². The molecule has 6 heteroatoms. The number of alkyl halides is 3. The van der Waals surface area contributed by atoms with Gasteiger partial charge in [-0.3, -0.25) is 5.41 Å². The lowest BCUT2D eigenvalue weighted by molar-refractivity contribution is -0.137. The Morgan fingerprint density at radius 3 is 2.44 bits per heavy atom. The molecule has 0 aliphatic rings. The van der Waals surface area contributed by atoms with Gasteiger partial charge in [0, 0.05) is 5.56 Å². The normalized spacial score (nSPS) is 11.3. The Bertz CT molecular complexity index is 400. The Hall–Kier alpha value is -1.59. The molecule has 0 radical (unpaired) electrons. The zero-order chi connectivity index (χ0) is 12.3. The number of hydrogen-bond acceptors (Lipinski definition) is 2. The zero-order valence-electron chi connectivity index (χ0n) is 8.36. The van der Waals surface area contributed by atoms with Gasteiger partial charge in [0.15, 0.2) is 0 Å². The van der Waals surface area contributed by atoms with Crippen molar-refractivity contribution in [1.82, 2.24) is 0 Å². The van der Waals surface area contributed by atoms with Gasteiger partial charge in [0.2, 0.25) is 5.90 Å². The SMILES string of the molecule is CCOC(=N)c1cc(F)cc(C(F)(F)F)c1. The molecular formula is C10H9F4NO. The lowest BCUT2D eigenvalue weighted by Gasteiger charge is -2.10. The van der Waals surface area contributed by atoms with Gasteiger partial charge in [0.25, 0.3) is 0 Å². The van der Waals surface area contributed by atoms with Crippen LogP contribution in [0.5, 0.6) is 0 Å². The maximum absolute atomic E-state index is 12.9. The van der Waals surface area contributed by atoms with Gasteiger partial charge in [-0.1, -0.05) is 0 Å². The number of rotatable bonds is 2. The summed E-state index contributed by atoms with van der Waals surface area (Å²) in [6.07, 6.45) is -4.64. The fourth-order valence-electron chi connectivity index (χ4n) is 1.11. The topological polar surface area (TPSA) is 33.1 Å². The molecule has 1 aromatic rings. The highest BCUT2D eigenvalue weighted by molar-refractivity contribution is 5.91. The number of benzene rings is 1. The molecule has 0 aliphatic carbocycles. The number of halogens is 4. The first-order chi connectivity index (χ1) is 7.34. The zero-order valence-corrected chi connectivity index (χ0v) is 8.36. The molecule has 1 N–H and O–H groups in total. The molecule has 0 amide bonds. The average Bonchev–Trinajstić information content (AvgIpc) is 2.16. The van der Waals surface area contributed by atoms with Crippen molar-refractivity contribution in [2.24, 2.45) is 0 Å². The Kier molecular flexibility index (Phi) is 3.51. The van der Waals surface area contributed by atoms with E-state index in [0.29, 0.717) is 12.1 Å². The summed E-state index contributed by atoms with van der Waals surface area (Å²) < 4.78 is 54.6. The smallest absolute Gasteiger partial charge is 0.416 e. The van der Waals surface area contributed by atoms with Crippen LogP contribution in [0.2, 0.25) is 0 Å². The van der Waals surface area contributed by atoms with Gasteiger partial charge in [-0.15, -0.1) is 0 Å². The maximum atomic E-state index is 12.9. The van der Waals surface area contributed by atoms with Gasteiger partial charge in [-0.25, -0.2) is 4.39 Å². The van der Waals surface area contributed by atoms with Gasteiger partial charge >= 0.3 is 6.18 Å². The first kappa shape index (κ1) is 12.5. The minimum Gasteiger partial charge on any atom is -0.478 e. The molecule has 0 unspecified atom stereocenters. The Labute approximate surface area is 89.4 Å². The Morgan fingerprint density at radius 2 is 1.94 bits per heavy atom. The summed E-state index contributed by atoms with van der Waals surface area (Å²) in [6, 6.07) is 1.89. The molecule has 0 aromatic heterocycles. The molecule has 0 heterocycles. The van der Waals surface area contributed by atoms with Crippen LogP contribution in [0.25, 0.3) is 0 Å². The van der Waals surface area contributed by atoms with Crippen molar-refractivity contribution < 1.29 is 22.3 Å². The minimum atomic E-state index is -4.64. The summed E-state index contributed by atoms with van der Waals surface area (Å²) in [4.78, 5) is 0. The van der Waals surface area contributed by atoms with Crippen molar-refractivity contribution in [3.63, 3.8) is 0 Å². The second-order valence-electron chi connectivity index (χ2n) is 2.99. The van der Waals surface area contributed by atoms with E-state index in [1.807, 2.05) is 0 Å². The molecule has 1 rings (SSSR count). The van der Waals surface area contributed by atoms with Gasteiger partial charge < -0.3 is 4.74 Å². The first-order valence-corrected chi connectivity index (χ1v) is 4.44. The third-order valence-electron chi connectivity index (χ3n) is 1.78. The van der Waals surface area contributed by atoms with E-state index in [2.05, 4.69) is 0 Å². The van der Waals surface area contributed by atoms with Crippen molar-refractivity contribution in [3.8, 4) is 0 Å². The van der Waals surface area contributed by atoms with Crippen LogP contribution >= 0.6 is 0 Å². The van der Waals surface area contributed by atoms with Crippen LogP contribution in [0, 0.1) is 11.2 Å². The first-order valence-electron chi connectivity index (χ1n) is 4.44. The molecule has 16 heavy (non-hydrogen) atoms. The van der Waals surface area contributed by atoms with E-state index in [1.54, 1.807) is 6.92 Å². The van der Waals surface area contributed by atoms with E-state index in [1.165, 1.54) is 0 Å². The van der Waals surface area contributed by atoms with E-state index < -0.39 is 23.5 Å². The van der Waals surface area contributed by atoms with Crippen LogP contribution in [-0.2, 0) is 10.9 Å². The van der Waals surface area contributed by atoms with Crippen LogP contribution in [0.15, 0.2) is 18.2 Å². The number of nitrogens with one attached hydrogen (secondary N) is 1. The van der Waals surface area contributed by atoms with Gasteiger partial charge in [0.1, 0.15) is 5.82 Å². The highest BCUT2D eigenvalue weighted by atomic mass is 19.4. The lowest BCUT2D eigenvalue weighted by atomic mass is 10.1. The fourth-order valence-corrected chi connectivity index (χ4v) is 1.11. The summed E-state index contributed by atoms with van der Waals surface area (Å²) in [5.41, 5.74) is -1.36. The van der Waals surface area contributed by atoms with E-state index in [-0.39, 0.29) is 12.2 Å². The highest BCUT2D eigenvalue weighted by Crippen LogP contribution is 2.30. The van der Waals surface area contributed by atoms with E-state index >= 15 is 0 Å². The molecule has 0 atom stereocenters. The molecule has 0 saturated carbocycles. The third kappa shape index (κ3) is 2.95. The molecule has 0 spiro atoms. The summed E-state index contributed by atoms with van der Waals surface area (Å²) in [5, 5.41) is 7.27. The minimum absolute atomic E-state index is 0.136. The van der Waals surface area contributed by atoms with E-state index in [0.717, 1.165) is 6.07 Å². The predicted molar refractivity (Wildman–Crippen MR) is 49.9 cm³/mol. The Morgan fingerprint density at radius 1 is 1.31 bits per heavy atom. The molecule has 2 nitrogen and oxygen atoms in total. The van der Waals surface area contributed by atoms with Crippen molar-refractivity contribution in [1.29, 1.82) is 5.41 Å². The highest BCUT2D eigenvalue weighted by Gasteiger charge is 2.31. The number of ether oxygens (including phenoxy) is 1. The van der Waals surface area contributed by atoms with Crippen LogP contribution in [0.1, 0.15) is 18.1 Å². The van der Waals surface area contributed by atoms with Gasteiger partial charge in [-0.05, 0) is 25.1 Å². The summed E-state index contributed by atoms with van der Waals surface area (Å²) in [5.74, 6) is -1.53. The third-order valence-corrected chi connectivity index (χ3v) is 1.78. The van der Waals surface area contributed by atoms with Gasteiger partial charge in [-0.2, -0.15) is 13.2 Å². The van der Waals surface area contributed by atoms with Crippen LogP contribution < -0.4 is 0 Å². The van der Waals surface area contributed by atoms with E-state index in [9.17, 15) is 17.6 Å². The lowest BCUT2D eigenvalue weighted by Crippen LogP contribution is -2.10. The quantitative estimate of drug-likeness (QED) is 0.476. The summed E-state index contributed by atoms with van der Waals surface area (Å²) >= 11 is 0. The van der Waals surface area contributed by atoms with Crippen LogP contribution in [0.3, 0.4) is 0 Å². The van der Waals surface area contributed by atoms with Crippen molar-refractivity contribution in [2.75, 3.05) is 6.61 Å². The summed E-state index contributed by atoms with van der Waals surface area (Å²) in [7, 11) is 0. The van der Waals surface area contributed by atoms with Crippen LogP contribution in [0.4, 0.5) is 17.6 Å². The predicted octanol–water partition coefficient (Wildman–Crippen LogP) is 3.21. The summed E-state index contributed by atoms with van der Waals surface area (Å²) in [6.45, 7) is 1.72. The molecular weight excluding hydrogens is 226 g/mol. The van der Waals surface area contributed by atoms with Crippen LogP contribution in [-0.4, -0.2) is 12.5 Å². The Balaban J connectivity index is 3.13. The molecule has 88 valence electrons. The van der Waals surface area contributed by atoms with Gasteiger partial charge in [0.05, 0.1) is 12.2 Å². The van der Waals surface area contributed by atoms with E-state index in [4.69, 9.17) is 10.1 Å². The molecule has 1 aromatic carbocycles. The van der Waals surface area contributed by atoms with Crippen molar-refractivity contribution >= 4 is 5.90 Å².